The molecule has 0 saturated heterocycles. The number of nitriles is 1. The van der Waals surface area contributed by atoms with Crippen LogP contribution in [0.2, 0.25) is 0 Å². The van der Waals surface area contributed by atoms with E-state index in [0.29, 0.717) is 16.8 Å². The summed E-state index contributed by atoms with van der Waals surface area (Å²) < 4.78 is 5.18. The molecule has 0 aliphatic heterocycles. The molecule has 1 amide bonds. The van der Waals surface area contributed by atoms with Gasteiger partial charge in [0.05, 0.1) is 17.2 Å². The van der Waals surface area contributed by atoms with Crippen LogP contribution < -0.4 is 5.32 Å². The molecule has 0 fully saturated rings. The van der Waals surface area contributed by atoms with Gasteiger partial charge in [-0.25, -0.2) is 4.79 Å². The Labute approximate surface area is 144 Å². The lowest BCUT2D eigenvalue weighted by Gasteiger charge is -2.13. The molecule has 2 aromatic rings. The number of amides is 1. The lowest BCUT2D eigenvalue weighted by molar-refractivity contribution is -0.123. The lowest BCUT2D eigenvalue weighted by atomic mass is 10.2. The van der Waals surface area contributed by atoms with Gasteiger partial charge in [-0.3, -0.25) is 4.79 Å². The monoisotopic (exact) mass is 340 g/mol. The van der Waals surface area contributed by atoms with E-state index in [4.69, 9.17) is 10.00 Å². The van der Waals surface area contributed by atoms with Crippen molar-refractivity contribution in [2.75, 3.05) is 11.6 Å². The number of hydrogen-bond donors (Lipinski definition) is 1. The summed E-state index contributed by atoms with van der Waals surface area (Å²) in [6, 6.07) is 15.4. The number of ether oxygens (including phenoxy) is 1. The second-order valence-electron chi connectivity index (χ2n) is 4.95. The second-order valence-corrected chi connectivity index (χ2v) is 5.83. The molecule has 0 bridgehead atoms. The number of benzene rings is 2. The van der Waals surface area contributed by atoms with Crippen LogP contribution in [0.3, 0.4) is 0 Å². The zero-order chi connectivity index (χ0) is 17.5. The summed E-state index contributed by atoms with van der Waals surface area (Å²) in [6.45, 7) is 1.51. The number of nitrogens with zero attached hydrogens (tertiary/aromatic N) is 1. The van der Waals surface area contributed by atoms with Gasteiger partial charge in [0.15, 0.2) is 6.10 Å². The number of nitrogens with one attached hydrogen (secondary N) is 1. The van der Waals surface area contributed by atoms with Crippen LogP contribution in [-0.4, -0.2) is 24.2 Å². The van der Waals surface area contributed by atoms with Crippen LogP contribution in [0.5, 0.6) is 0 Å². The number of rotatable bonds is 5. The smallest absolute Gasteiger partial charge is 0.338 e. The van der Waals surface area contributed by atoms with Crippen molar-refractivity contribution in [2.24, 2.45) is 0 Å². The standard InChI is InChI=1S/C18H16N2O3S/c1-12(17(21)20-15-7-3-13(11-19)4-8-15)23-18(22)14-5-9-16(24-2)10-6-14/h3-10,12H,1-2H3,(H,20,21)/t12-/m0/s1. The molecule has 0 radical (unpaired) electrons. The number of esters is 1. The topological polar surface area (TPSA) is 79.2 Å². The highest BCUT2D eigenvalue weighted by Gasteiger charge is 2.19. The Kier molecular flexibility index (Phi) is 5.99. The van der Waals surface area contributed by atoms with Crippen molar-refractivity contribution >= 4 is 29.3 Å². The average molecular weight is 340 g/mol. The first-order valence-corrected chi connectivity index (χ1v) is 8.42. The maximum Gasteiger partial charge on any atom is 0.338 e. The quantitative estimate of drug-likeness (QED) is 0.666. The highest BCUT2D eigenvalue weighted by molar-refractivity contribution is 7.98. The summed E-state index contributed by atoms with van der Waals surface area (Å²) in [5, 5.41) is 11.4. The summed E-state index contributed by atoms with van der Waals surface area (Å²) in [5.41, 5.74) is 1.43. The zero-order valence-electron chi connectivity index (χ0n) is 13.3. The molecule has 0 aliphatic rings. The highest BCUT2D eigenvalue weighted by atomic mass is 32.2. The van der Waals surface area contributed by atoms with Gasteiger partial charge in [-0.1, -0.05) is 0 Å². The molecule has 1 atom stereocenters. The minimum atomic E-state index is -0.937. The maximum absolute atomic E-state index is 12.1. The first kappa shape index (κ1) is 17.6. The molecule has 122 valence electrons. The van der Waals surface area contributed by atoms with Gasteiger partial charge in [-0.05, 0) is 61.7 Å². The summed E-state index contributed by atoms with van der Waals surface area (Å²) >= 11 is 1.58. The van der Waals surface area contributed by atoms with Gasteiger partial charge in [-0.15, -0.1) is 11.8 Å². The third-order valence-electron chi connectivity index (χ3n) is 3.26. The molecule has 1 N–H and O–H groups in total. The number of carbonyl (C=O) groups is 2. The zero-order valence-corrected chi connectivity index (χ0v) is 14.1. The minimum Gasteiger partial charge on any atom is -0.449 e. The molecule has 5 nitrogen and oxygen atoms in total. The molecule has 2 rings (SSSR count). The van der Waals surface area contributed by atoms with Gasteiger partial charge in [-0.2, -0.15) is 5.26 Å². The van der Waals surface area contributed by atoms with Crippen molar-refractivity contribution in [3.8, 4) is 6.07 Å². The maximum atomic E-state index is 12.1. The Morgan fingerprint density at radius 1 is 1.12 bits per heavy atom. The van der Waals surface area contributed by atoms with Crippen molar-refractivity contribution in [3.63, 3.8) is 0 Å². The number of anilines is 1. The summed E-state index contributed by atoms with van der Waals surface area (Å²) in [7, 11) is 0. The van der Waals surface area contributed by atoms with Gasteiger partial charge < -0.3 is 10.1 Å². The Bertz CT molecular complexity index is 764. The molecule has 6 heteroatoms. The van der Waals surface area contributed by atoms with E-state index in [9.17, 15) is 9.59 Å². The SMILES string of the molecule is CSc1ccc(C(=O)O[C@@H](C)C(=O)Nc2ccc(C#N)cc2)cc1. The van der Waals surface area contributed by atoms with Crippen molar-refractivity contribution in [1.29, 1.82) is 5.26 Å². The summed E-state index contributed by atoms with van der Waals surface area (Å²) in [4.78, 5) is 25.2. The van der Waals surface area contributed by atoms with Gasteiger partial charge in [0.25, 0.3) is 5.91 Å². The van der Waals surface area contributed by atoms with Crippen LogP contribution >= 0.6 is 11.8 Å². The molecule has 0 aromatic heterocycles. The van der Waals surface area contributed by atoms with E-state index < -0.39 is 18.0 Å². The fourth-order valence-corrected chi connectivity index (χ4v) is 2.29. The van der Waals surface area contributed by atoms with E-state index >= 15 is 0 Å². The molecule has 24 heavy (non-hydrogen) atoms. The number of hydrogen-bond acceptors (Lipinski definition) is 5. The van der Waals surface area contributed by atoms with E-state index in [0.717, 1.165) is 4.90 Å². The van der Waals surface area contributed by atoms with Crippen molar-refractivity contribution in [3.05, 3.63) is 59.7 Å². The number of carbonyl (C=O) groups excluding carboxylic acids is 2. The van der Waals surface area contributed by atoms with Crippen molar-refractivity contribution in [2.45, 2.75) is 17.9 Å². The van der Waals surface area contributed by atoms with E-state index in [1.165, 1.54) is 6.92 Å². The normalized spacial score (nSPS) is 11.2. The largest absolute Gasteiger partial charge is 0.449 e. The first-order chi connectivity index (χ1) is 11.5. The summed E-state index contributed by atoms with van der Waals surface area (Å²) in [6.07, 6.45) is 1.01. The van der Waals surface area contributed by atoms with Crippen LogP contribution in [0.25, 0.3) is 0 Å². The van der Waals surface area contributed by atoms with Gasteiger partial charge in [0.1, 0.15) is 0 Å². The predicted molar refractivity (Wildman–Crippen MR) is 92.9 cm³/mol. The minimum absolute atomic E-state index is 0.394. The van der Waals surface area contributed by atoms with E-state index in [2.05, 4.69) is 5.32 Å². The van der Waals surface area contributed by atoms with Crippen LogP contribution in [0.4, 0.5) is 5.69 Å². The van der Waals surface area contributed by atoms with Crippen LogP contribution in [0.1, 0.15) is 22.8 Å². The van der Waals surface area contributed by atoms with Crippen LogP contribution in [0.15, 0.2) is 53.4 Å². The molecular formula is C18H16N2O3S. The van der Waals surface area contributed by atoms with Crippen LogP contribution in [-0.2, 0) is 9.53 Å². The fourth-order valence-electron chi connectivity index (χ4n) is 1.88. The molecule has 0 spiro atoms. The molecule has 0 heterocycles. The van der Waals surface area contributed by atoms with E-state index in [-0.39, 0.29) is 0 Å². The van der Waals surface area contributed by atoms with Gasteiger partial charge in [0, 0.05) is 10.6 Å². The third-order valence-corrected chi connectivity index (χ3v) is 4.00. The predicted octanol–water partition coefficient (Wildman–Crippen LogP) is 3.46. The molecule has 0 saturated carbocycles. The Hall–Kier alpha value is -2.78. The lowest BCUT2D eigenvalue weighted by Crippen LogP contribution is -2.30. The molecule has 2 aromatic carbocycles. The Morgan fingerprint density at radius 2 is 1.75 bits per heavy atom. The highest BCUT2D eigenvalue weighted by Crippen LogP contribution is 2.16. The van der Waals surface area contributed by atoms with E-state index in [1.807, 2.05) is 24.5 Å². The molecule has 0 aliphatic carbocycles. The molecule has 0 unspecified atom stereocenters. The average Bonchev–Trinajstić information content (AvgIpc) is 2.62. The van der Waals surface area contributed by atoms with Crippen molar-refractivity contribution < 1.29 is 14.3 Å². The number of thioether (sulfide) groups is 1. The van der Waals surface area contributed by atoms with Gasteiger partial charge in [0.2, 0.25) is 0 Å². The summed E-state index contributed by atoms with van der Waals surface area (Å²) in [5.74, 6) is -0.987. The Balaban J connectivity index is 1.94. The van der Waals surface area contributed by atoms with Crippen LogP contribution in [0, 0.1) is 11.3 Å². The third kappa shape index (κ3) is 4.61. The van der Waals surface area contributed by atoms with Gasteiger partial charge >= 0.3 is 5.97 Å². The second kappa shape index (κ2) is 8.18. The van der Waals surface area contributed by atoms with Crippen molar-refractivity contribution in [1.82, 2.24) is 0 Å². The first-order valence-electron chi connectivity index (χ1n) is 7.19. The fraction of sp³-hybridized carbons (Fsp3) is 0.167. The van der Waals surface area contributed by atoms with E-state index in [1.54, 1.807) is 48.2 Å². The molecular weight excluding hydrogens is 324 g/mol. The Morgan fingerprint density at radius 3 is 2.29 bits per heavy atom.